The van der Waals surface area contributed by atoms with E-state index in [-0.39, 0.29) is 16.0 Å². The van der Waals surface area contributed by atoms with Crippen molar-refractivity contribution in [3.63, 3.8) is 0 Å². The Bertz CT molecular complexity index is 1150. The molecular formula is C20H15N3O3S2. The molecule has 0 atom stereocenters. The predicted octanol–water partition coefficient (Wildman–Crippen LogP) is 3.43. The fourth-order valence-electron chi connectivity index (χ4n) is 2.97. The summed E-state index contributed by atoms with van der Waals surface area (Å²) in [4.78, 5) is 25.6. The lowest BCUT2D eigenvalue weighted by Crippen LogP contribution is -2.44. The second-order valence-electron chi connectivity index (χ2n) is 6.22. The lowest BCUT2D eigenvalue weighted by molar-refractivity contribution is -0.123. The third-order valence-corrected chi connectivity index (χ3v) is 5.65. The van der Waals surface area contributed by atoms with Crippen LogP contribution in [0.3, 0.4) is 0 Å². The monoisotopic (exact) mass is 409 g/mol. The van der Waals surface area contributed by atoms with E-state index in [1.807, 2.05) is 42.1 Å². The minimum Gasteiger partial charge on any atom is -0.508 e. The zero-order valence-electron chi connectivity index (χ0n) is 14.7. The number of nitrogens with zero attached hydrogens (tertiary/aromatic N) is 2. The number of para-hydroxylation sites is 1. The van der Waals surface area contributed by atoms with Crippen LogP contribution in [0.5, 0.6) is 5.75 Å². The molecule has 140 valence electrons. The molecule has 1 saturated heterocycles. The van der Waals surface area contributed by atoms with Crippen LogP contribution in [-0.4, -0.2) is 30.8 Å². The normalized spacial score (nSPS) is 15.6. The Hall–Kier alpha value is -3.10. The number of hydrogen-bond donors (Lipinski definition) is 2. The number of phenolic OH excluding ortho intramolecular Hbond substituents is 1. The Morgan fingerprint density at radius 1 is 1.18 bits per heavy atom. The Balaban J connectivity index is 1.59. The highest BCUT2D eigenvalue weighted by molar-refractivity contribution is 8.26. The second kappa shape index (κ2) is 7.14. The number of thioether (sulfide) groups is 1. The number of nitrogens with one attached hydrogen (secondary N) is 1. The first-order valence-electron chi connectivity index (χ1n) is 8.36. The standard InChI is InChI=1S/C20H15N3O3S2/c1-22-11-13(15-4-2-3-5-16(15)22)10-17-19(26)23(20(27)28-17)21-18(25)12-6-8-14(24)9-7-12/h2-11,24H,1H3,(H,21,25). The van der Waals surface area contributed by atoms with Gasteiger partial charge in [-0.3, -0.25) is 15.0 Å². The van der Waals surface area contributed by atoms with Crippen LogP contribution < -0.4 is 5.43 Å². The molecule has 28 heavy (non-hydrogen) atoms. The lowest BCUT2D eigenvalue weighted by atomic mass is 10.1. The molecule has 1 aliphatic rings. The van der Waals surface area contributed by atoms with Gasteiger partial charge in [0.05, 0.1) is 4.91 Å². The zero-order valence-corrected chi connectivity index (χ0v) is 16.4. The number of benzene rings is 2. The van der Waals surface area contributed by atoms with Crippen LogP contribution in [0.25, 0.3) is 17.0 Å². The van der Waals surface area contributed by atoms with E-state index in [0.29, 0.717) is 10.5 Å². The molecule has 1 fully saturated rings. The van der Waals surface area contributed by atoms with Crippen molar-refractivity contribution in [2.75, 3.05) is 0 Å². The van der Waals surface area contributed by atoms with Crippen molar-refractivity contribution < 1.29 is 14.7 Å². The SMILES string of the molecule is Cn1cc(C=C2SC(=S)N(NC(=O)c3ccc(O)cc3)C2=O)c2ccccc21. The van der Waals surface area contributed by atoms with Gasteiger partial charge >= 0.3 is 0 Å². The minimum absolute atomic E-state index is 0.0557. The number of fused-ring (bicyclic) bond motifs is 1. The molecular weight excluding hydrogens is 394 g/mol. The van der Waals surface area contributed by atoms with Crippen molar-refractivity contribution >= 4 is 57.1 Å². The van der Waals surface area contributed by atoms with Gasteiger partial charge in [0.15, 0.2) is 4.32 Å². The molecule has 2 N–H and O–H groups in total. The van der Waals surface area contributed by atoms with E-state index < -0.39 is 5.91 Å². The summed E-state index contributed by atoms with van der Waals surface area (Å²) in [5.74, 6) is -0.807. The number of aromatic hydroxyl groups is 1. The van der Waals surface area contributed by atoms with E-state index >= 15 is 0 Å². The molecule has 3 aromatic rings. The molecule has 1 aliphatic heterocycles. The third-order valence-electron chi connectivity index (χ3n) is 4.35. The summed E-state index contributed by atoms with van der Waals surface area (Å²) in [6, 6.07) is 13.7. The van der Waals surface area contributed by atoms with E-state index in [2.05, 4.69) is 5.43 Å². The van der Waals surface area contributed by atoms with Gasteiger partial charge in [-0.1, -0.05) is 30.0 Å². The molecule has 1 aromatic heterocycles. The highest BCUT2D eigenvalue weighted by Gasteiger charge is 2.34. The van der Waals surface area contributed by atoms with Crippen LogP contribution in [0.4, 0.5) is 0 Å². The summed E-state index contributed by atoms with van der Waals surface area (Å²) >= 11 is 6.41. The van der Waals surface area contributed by atoms with E-state index in [4.69, 9.17) is 12.2 Å². The van der Waals surface area contributed by atoms with Crippen LogP contribution in [0.1, 0.15) is 15.9 Å². The summed E-state index contributed by atoms with van der Waals surface area (Å²) in [6.07, 6.45) is 3.74. The summed E-state index contributed by atoms with van der Waals surface area (Å²) < 4.78 is 2.25. The van der Waals surface area contributed by atoms with Crippen LogP contribution in [-0.2, 0) is 11.8 Å². The largest absolute Gasteiger partial charge is 0.508 e. The van der Waals surface area contributed by atoms with Gasteiger partial charge in [0.2, 0.25) is 0 Å². The van der Waals surface area contributed by atoms with Crippen molar-refractivity contribution in [3.05, 3.63) is 70.8 Å². The Labute approximate surface area is 170 Å². The smallest absolute Gasteiger partial charge is 0.285 e. The first-order chi connectivity index (χ1) is 13.4. The fraction of sp³-hybridized carbons (Fsp3) is 0.0500. The number of aryl methyl sites for hydroxylation is 1. The van der Waals surface area contributed by atoms with E-state index in [1.54, 1.807) is 6.08 Å². The van der Waals surface area contributed by atoms with Gasteiger partial charge < -0.3 is 9.67 Å². The number of phenols is 1. The Morgan fingerprint density at radius 2 is 1.89 bits per heavy atom. The van der Waals surface area contributed by atoms with Gasteiger partial charge in [0.25, 0.3) is 11.8 Å². The molecule has 0 bridgehead atoms. The number of rotatable bonds is 3. The van der Waals surface area contributed by atoms with Gasteiger partial charge in [0.1, 0.15) is 5.75 Å². The van der Waals surface area contributed by atoms with Gasteiger partial charge in [-0.05, 0) is 48.6 Å². The van der Waals surface area contributed by atoms with Gasteiger partial charge in [-0.15, -0.1) is 0 Å². The van der Waals surface area contributed by atoms with E-state index in [9.17, 15) is 14.7 Å². The number of amides is 2. The van der Waals surface area contributed by atoms with E-state index in [0.717, 1.165) is 33.2 Å². The predicted molar refractivity (Wildman–Crippen MR) is 114 cm³/mol. The first kappa shape index (κ1) is 18.3. The minimum atomic E-state index is -0.484. The van der Waals surface area contributed by atoms with E-state index in [1.165, 1.54) is 24.3 Å². The molecule has 0 spiro atoms. The average Bonchev–Trinajstić information content (AvgIpc) is 3.14. The Kier molecular flexibility index (Phi) is 4.66. The van der Waals surface area contributed by atoms with Gasteiger partial charge in [-0.2, -0.15) is 5.01 Å². The average molecular weight is 409 g/mol. The summed E-state index contributed by atoms with van der Waals surface area (Å²) in [5, 5.41) is 11.4. The summed E-state index contributed by atoms with van der Waals surface area (Å²) in [5.41, 5.74) is 4.80. The number of hydrazine groups is 1. The number of aromatic nitrogens is 1. The number of carbonyl (C=O) groups is 2. The van der Waals surface area contributed by atoms with Crippen molar-refractivity contribution in [2.45, 2.75) is 0 Å². The summed E-state index contributed by atoms with van der Waals surface area (Å²) in [7, 11) is 1.95. The van der Waals surface area contributed by atoms with Crippen molar-refractivity contribution in [3.8, 4) is 5.75 Å². The maximum absolute atomic E-state index is 12.8. The number of thiocarbonyl (C=S) groups is 1. The number of hydrogen-bond acceptors (Lipinski definition) is 5. The van der Waals surface area contributed by atoms with Crippen LogP contribution in [0.15, 0.2) is 59.6 Å². The first-order valence-corrected chi connectivity index (χ1v) is 9.58. The molecule has 6 nitrogen and oxygen atoms in total. The molecule has 0 unspecified atom stereocenters. The third kappa shape index (κ3) is 3.28. The topological polar surface area (TPSA) is 74.6 Å². The highest BCUT2D eigenvalue weighted by atomic mass is 32.2. The molecule has 0 radical (unpaired) electrons. The molecule has 8 heteroatoms. The van der Waals surface area contributed by atoms with Crippen LogP contribution >= 0.6 is 24.0 Å². The number of carbonyl (C=O) groups excluding carboxylic acids is 2. The van der Waals surface area contributed by atoms with Crippen molar-refractivity contribution in [1.29, 1.82) is 0 Å². The molecule has 4 rings (SSSR count). The van der Waals surface area contributed by atoms with Crippen molar-refractivity contribution in [2.24, 2.45) is 7.05 Å². The van der Waals surface area contributed by atoms with Gasteiger partial charge in [-0.25, -0.2) is 0 Å². The Morgan fingerprint density at radius 3 is 2.64 bits per heavy atom. The molecule has 2 heterocycles. The fourth-order valence-corrected chi connectivity index (χ4v) is 4.14. The van der Waals surface area contributed by atoms with Crippen molar-refractivity contribution in [1.82, 2.24) is 15.0 Å². The quantitative estimate of drug-likeness (QED) is 0.512. The maximum Gasteiger partial charge on any atom is 0.285 e. The zero-order chi connectivity index (χ0) is 19.8. The lowest BCUT2D eigenvalue weighted by Gasteiger charge is -2.15. The van der Waals surface area contributed by atoms with Crippen LogP contribution in [0, 0.1) is 0 Å². The molecule has 2 aromatic carbocycles. The maximum atomic E-state index is 12.8. The second-order valence-corrected chi connectivity index (χ2v) is 7.89. The molecule has 2 amide bonds. The molecule has 0 aliphatic carbocycles. The van der Waals surface area contributed by atoms with Crippen LogP contribution in [0.2, 0.25) is 0 Å². The summed E-state index contributed by atoms with van der Waals surface area (Å²) in [6.45, 7) is 0. The van der Waals surface area contributed by atoms with Gasteiger partial charge in [0, 0.05) is 35.3 Å². The highest BCUT2D eigenvalue weighted by Crippen LogP contribution is 2.33. The molecule has 0 saturated carbocycles.